The highest BCUT2D eigenvalue weighted by molar-refractivity contribution is 9.10. The SMILES string of the molecule is Cc1cc(NC(=O)N2CCC(NC(=O)NC3CCCCC3)CC2)ccc1Br. The Bertz CT molecular complexity index is 668. The second kappa shape index (κ2) is 9.44. The first-order chi connectivity index (χ1) is 13.0. The van der Waals surface area contributed by atoms with Gasteiger partial charge in [-0.1, -0.05) is 35.2 Å². The van der Waals surface area contributed by atoms with Crippen LogP contribution in [0.15, 0.2) is 22.7 Å². The lowest BCUT2D eigenvalue weighted by Crippen LogP contribution is -2.51. The molecule has 1 aliphatic heterocycles. The average molecular weight is 437 g/mol. The van der Waals surface area contributed by atoms with Crippen LogP contribution < -0.4 is 16.0 Å². The number of anilines is 1. The van der Waals surface area contributed by atoms with E-state index in [1.165, 1.54) is 19.3 Å². The third-order valence-corrected chi connectivity index (χ3v) is 6.36. The van der Waals surface area contributed by atoms with Crippen molar-refractivity contribution in [1.29, 1.82) is 0 Å². The van der Waals surface area contributed by atoms with E-state index in [1.54, 1.807) is 0 Å². The molecule has 7 heteroatoms. The number of nitrogens with one attached hydrogen (secondary N) is 3. The summed E-state index contributed by atoms with van der Waals surface area (Å²) in [6, 6.07) is 6.08. The highest BCUT2D eigenvalue weighted by atomic mass is 79.9. The monoisotopic (exact) mass is 436 g/mol. The smallest absolute Gasteiger partial charge is 0.321 e. The van der Waals surface area contributed by atoms with Gasteiger partial charge in [-0.3, -0.25) is 0 Å². The Balaban J connectivity index is 1.40. The number of hydrogen-bond donors (Lipinski definition) is 3. The van der Waals surface area contributed by atoms with E-state index in [4.69, 9.17) is 0 Å². The molecule has 2 fully saturated rings. The van der Waals surface area contributed by atoms with Gasteiger partial charge in [-0.15, -0.1) is 0 Å². The summed E-state index contributed by atoms with van der Waals surface area (Å²) >= 11 is 3.47. The number of urea groups is 2. The van der Waals surface area contributed by atoms with Crippen LogP contribution in [0.4, 0.5) is 15.3 Å². The number of rotatable bonds is 3. The van der Waals surface area contributed by atoms with Crippen LogP contribution in [0.25, 0.3) is 0 Å². The maximum Gasteiger partial charge on any atom is 0.321 e. The highest BCUT2D eigenvalue weighted by Gasteiger charge is 2.25. The zero-order valence-corrected chi connectivity index (χ0v) is 17.5. The summed E-state index contributed by atoms with van der Waals surface area (Å²) in [6.07, 6.45) is 7.42. The molecular formula is C20H29BrN4O2. The van der Waals surface area contributed by atoms with E-state index in [-0.39, 0.29) is 18.1 Å². The summed E-state index contributed by atoms with van der Waals surface area (Å²) in [5.74, 6) is 0. The molecule has 148 valence electrons. The number of nitrogens with zero attached hydrogens (tertiary/aromatic N) is 1. The number of likely N-dealkylation sites (tertiary alicyclic amines) is 1. The van der Waals surface area contributed by atoms with Gasteiger partial charge in [0.05, 0.1) is 0 Å². The summed E-state index contributed by atoms with van der Waals surface area (Å²) < 4.78 is 1.03. The zero-order chi connectivity index (χ0) is 19.2. The molecule has 1 saturated carbocycles. The van der Waals surface area contributed by atoms with Crippen molar-refractivity contribution in [3.05, 3.63) is 28.2 Å². The van der Waals surface area contributed by atoms with Crippen LogP contribution in [-0.2, 0) is 0 Å². The molecule has 1 heterocycles. The normalized spacial score (nSPS) is 18.8. The summed E-state index contributed by atoms with van der Waals surface area (Å²) in [5, 5.41) is 9.13. The molecule has 0 unspecified atom stereocenters. The predicted molar refractivity (Wildman–Crippen MR) is 111 cm³/mol. The minimum Gasteiger partial charge on any atom is -0.335 e. The summed E-state index contributed by atoms with van der Waals surface area (Å²) in [6.45, 7) is 3.29. The first-order valence-electron chi connectivity index (χ1n) is 9.90. The minimum atomic E-state index is -0.0816. The number of hydrogen-bond acceptors (Lipinski definition) is 2. The summed E-state index contributed by atoms with van der Waals surface area (Å²) in [4.78, 5) is 26.4. The quantitative estimate of drug-likeness (QED) is 0.657. The molecule has 0 aromatic heterocycles. The van der Waals surface area contributed by atoms with E-state index in [0.29, 0.717) is 19.1 Å². The Kier molecular flexibility index (Phi) is 6.99. The predicted octanol–water partition coefficient (Wildman–Crippen LogP) is 4.39. The van der Waals surface area contributed by atoms with Crippen molar-refractivity contribution in [3.8, 4) is 0 Å². The fourth-order valence-electron chi connectivity index (χ4n) is 3.81. The van der Waals surface area contributed by atoms with Gasteiger partial charge in [0.1, 0.15) is 0 Å². The number of carbonyl (C=O) groups excluding carboxylic acids is 2. The fraction of sp³-hybridized carbons (Fsp3) is 0.600. The largest absolute Gasteiger partial charge is 0.335 e. The average Bonchev–Trinajstić information content (AvgIpc) is 2.66. The van der Waals surface area contributed by atoms with Crippen LogP contribution in [0, 0.1) is 6.92 Å². The van der Waals surface area contributed by atoms with Gasteiger partial charge >= 0.3 is 12.1 Å². The maximum absolute atomic E-state index is 12.5. The van der Waals surface area contributed by atoms with Gasteiger partial charge in [-0.05, 0) is 56.4 Å². The molecule has 3 N–H and O–H groups in total. The van der Waals surface area contributed by atoms with Crippen LogP contribution in [-0.4, -0.2) is 42.1 Å². The molecular weight excluding hydrogens is 408 g/mol. The Morgan fingerprint density at radius 3 is 2.26 bits per heavy atom. The van der Waals surface area contributed by atoms with Crippen molar-refractivity contribution in [2.45, 2.75) is 64.0 Å². The molecule has 4 amide bonds. The van der Waals surface area contributed by atoms with E-state index in [0.717, 1.165) is 41.4 Å². The first kappa shape index (κ1) is 20.0. The van der Waals surface area contributed by atoms with Crippen LogP contribution >= 0.6 is 15.9 Å². The number of piperidine rings is 1. The number of carbonyl (C=O) groups is 2. The van der Waals surface area contributed by atoms with Gasteiger partial charge < -0.3 is 20.9 Å². The second-order valence-corrected chi connectivity index (χ2v) is 8.46. The molecule has 0 radical (unpaired) electrons. The van der Waals surface area contributed by atoms with Gasteiger partial charge in [-0.25, -0.2) is 9.59 Å². The van der Waals surface area contributed by atoms with E-state index in [9.17, 15) is 9.59 Å². The van der Waals surface area contributed by atoms with Crippen molar-refractivity contribution in [1.82, 2.24) is 15.5 Å². The molecule has 1 aromatic carbocycles. The lowest BCUT2D eigenvalue weighted by atomic mass is 9.96. The van der Waals surface area contributed by atoms with Gasteiger partial charge in [0.15, 0.2) is 0 Å². The van der Waals surface area contributed by atoms with Crippen molar-refractivity contribution in [2.75, 3.05) is 18.4 Å². The molecule has 6 nitrogen and oxygen atoms in total. The first-order valence-corrected chi connectivity index (χ1v) is 10.7. The molecule has 2 aliphatic rings. The highest BCUT2D eigenvalue weighted by Crippen LogP contribution is 2.21. The van der Waals surface area contributed by atoms with E-state index in [2.05, 4.69) is 31.9 Å². The lowest BCUT2D eigenvalue weighted by Gasteiger charge is -2.33. The Morgan fingerprint density at radius 2 is 1.63 bits per heavy atom. The van der Waals surface area contributed by atoms with Crippen molar-refractivity contribution in [3.63, 3.8) is 0 Å². The van der Waals surface area contributed by atoms with Gasteiger partial charge in [0.25, 0.3) is 0 Å². The minimum absolute atomic E-state index is 0.0601. The molecule has 1 aromatic rings. The lowest BCUT2D eigenvalue weighted by molar-refractivity contribution is 0.186. The van der Waals surface area contributed by atoms with E-state index in [1.807, 2.05) is 30.0 Å². The van der Waals surface area contributed by atoms with Crippen LogP contribution in [0.2, 0.25) is 0 Å². The molecule has 0 atom stereocenters. The number of benzene rings is 1. The Labute approximate surface area is 169 Å². The summed E-state index contributed by atoms with van der Waals surface area (Å²) in [5.41, 5.74) is 1.88. The molecule has 1 aliphatic carbocycles. The standard InChI is InChI=1S/C20H29BrN4O2/c1-14-13-17(7-8-18(14)21)24-20(27)25-11-9-16(10-12-25)23-19(26)22-15-5-3-2-4-6-15/h7-8,13,15-16H,2-6,9-12H2,1H3,(H,24,27)(H2,22,23,26). The van der Waals surface area contributed by atoms with Crippen molar-refractivity contribution >= 4 is 33.7 Å². The molecule has 27 heavy (non-hydrogen) atoms. The Hall–Kier alpha value is -1.76. The van der Waals surface area contributed by atoms with Crippen LogP contribution in [0.5, 0.6) is 0 Å². The van der Waals surface area contributed by atoms with Gasteiger partial charge in [-0.2, -0.15) is 0 Å². The third-order valence-electron chi connectivity index (χ3n) is 5.47. The van der Waals surface area contributed by atoms with Crippen molar-refractivity contribution < 1.29 is 9.59 Å². The molecule has 3 rings (SSSR count). The zero-order valence-electron chi connectivity index (χ0n) is 15.9. The summed E-state index contributed by atoms with van der Waals surface area (Å²) in [7, 11) is 0. The molecule has 0 bridgehead atoms. The number of aryl methyl sites for hydroxylation is 1. The number of amides is 4. The van der Waals surface area contributed by atoms with E-state index >= 15 is 0 Å². The molecule has 1 saturated heterocycles. The van der Waals surface area contributed by atoms with Gasteiger partial charge in [0, 0.05) is 35.3 Å². The third kappa shape index (κ3) is 5.86. The Morgan fingerprint density at radius 1 is 1.00 bits per heavy atom. The van der Waals surface area contributed by atoms with Crippen molar-refractivity contribution in [2.24, 2.45) is 0 Å². The fourth-order valence-corrected chi connectivity index (χ4v) is 4.06. The van der Waals surface area contributed by atoms with Crippen LogP contribution in [0.1, 0.15) is 50.5 Å². The van der Waals surface area contributed by atoms with E-state index < -0.39 is 0 Å². The maximum atomic E-state index is 12.5. The van der Waals surface area contributed by atoms with Crippen LogP contribution in [0.3, 0.4) is 0 Å². The number of halogens is 1. The van der Waals surface area contributed by atoms with Gasteiger partial charge in [0.2, 0.25) is 0 Å². The molecule has 0 spiro atoms. The topological polar surface area (TPSA) is 73.5 Å². The second-order valence-electron chi connectivity index (χ2n) is 7.61.